The maximum absolute atomic E-state index is 12.0. The molecule has 1 aromatic heterocycles. The van der Waals surface area contributed by atoms with Gasteiger partial charge in [0, 0.05) is 26.3 Å². The van der Waals surface area contributed by atoms with Crippen molar-refractivity contribution < 1.29 is 4.79 Å². The van der Waals surface area contributed by atoms with Crippen LogP contribution >= 0.6 is 0 Å². The predicted molar refractivity (Wildman–Crippen MR) is 60.9 cm³/mol. The molecule has 0 saturated carbocycles. The normalized spacial score (nSPS) is 17.8. The summed E-state index contributed by atoms with van der Waals surface area (Å²) in [6.07, 6.45) is 5.42. The highest BCUT2D eigenvalue weighted by molar-refractivity contribution is 5.93. The van der Waals surface area contributed by atoms with E-state index in [4.69, 9.17) is 5.73 Å². The minimum absolute atomic E-state index is 0.0866. The van der Waals surface area contributed by atoms with E-state index in [1.807, 2.05) is 11.9 Å². The lowest BCUT2D eigenvalue weighted by molar-refractivity contribution is 0.0693. The number of hydrogen-bond donors (Lipinski definition) is 1. The fourth-order valence-corrected chi connectivity index (χ4v) is 2.09. The number of hydrogen-bond acceptors (Lipinski definition) is 3. The van der Waals surface area contributed by atoms with E-state index in [9.17, 15) is 4.79 Å². The van der Waals surface area contributed by atoms with Crippen molar-refractivity contribution in [1.29, 1.82) is 0 Å². The molecule has 1 saturated heterocycles. The number of carbonyl (C=O) groups excluding carboxylic acids is 1. The Bertz CT molecular complexity index is 366. The Hall–Kier alpha value is -1.36. The molecule has 1 fully saturated rings. The van der Waals surface area contributed by atoms with Gasteiger partial charge in [0.2, 0.25) is 0 Å². The summed E-state index contributed by atoms with van der Waals surface area (Å²) in [5.41, 5.74) is 6.30. The van der Waals surface area contributed by atoms with Crippen LogP contribution in [0.15, 0.2) is 12.4 Å². The molecule has 2 N–H and O–H groups in total. The van der Waals surface area contributed by atoms with Crippen LogP contribution in [0.2, 0.25) is 0 Å². The summed E-state index contributed by atoms with van der Waals surface area (Å²) >= 11 is 0. The predicted octanol–water partition coefficient (Wildman–Crippen LogP) is 0.231. The van der Waals surface area contributed by atoms with Crippen molar-refractivity contribution in [3.05, 3.63) is 18.0 Å². The van der Waals surface area contributed by atoms with Gasteiger partial charge in [-0.3, -0.25) is 9.48 Å². The Kier molecular flexibility index (Phi) is 3.24. The Morgan fingerprint density at radius 2 is 2.25 bits per heavy atom. The van der Waals surface area contributed by atoms with Crippen molar-refractivity contribution in [3.8, 4) is 0 Å². The number of nitrogens with two attached hydrogens (primary N) is 1. The Labute approximate surface area is 95.2 Å². The van der Waals surface area contributed by atoms with Crippen molar-refractivity contribution in [2.24, 2.45) is 18.7 Å². The summed E-state index contributed by atoms with van der Waals surface area (Å²) < 4.78 is 1.65. The van der Waals surface area contributed by atoms with Gasteiger partial charge in [-0.25, -0.2) is 0 Å². The van der Waals surface area contributed by atoms with Crippen LogP contribution in [0.5, 0.6) is 0 Å². The number of aromatic nitrogens is 2. The van der Waals surface area contributed by atoms with Crippen molar-refractivity contribution in [2.75, 3.05) is 19.6 Å². The molecule has 1 aliphatic heterocycles. The van der Waals surface area contributed by atoms with Gasteiger partial charge in [0.25, 0.3) is 5.91 Å². The van der Waals surface area contributed by atoms with Crippen LogP contribution in [-0.4, -0.2) is 40.2 Å². The van der Waals surface area contributed by atoms with E-state index in [1.165, 1.54) is 0 Å². The highest BCUT2D eigenvalue weighted by Crippen LogP contribution is 2.17. The third-order valence-electron chi connectivity index (χ3n) is 3.19. The number of aryl methyl sites for hydroxylation is 1. The molecule has 5 heteroatoms. The lowest BCUT2D eigenvalue weighted by atomic mass is 9.97. The smallest absolute Gasteiger partial charge is 0.257 e. The molecule has 2 rings (SSSR count). The van der Waals surface area contributed by atoms with Crippen LogP contribution in [0.4, 0.5) is 0 Å². The van der Waals surface area contributed by atoms with Gasteiger partial charge in [0.15, 0.2) is 0 Å². The van der Waals surface area contributed by atoms with Crippen LogP contribution in [0.25, 0.3) is 0 Å². The van der Waals surface area contributed by atoms with Gasteiger partial charge >= 0.3 is 0 Å². The summed E-state index contributed by atoms with van der Waals surface area (Å²) in [7, 11) is 1.82. The molecular weight excluding hydrogens is 204 g/mol. The van der Waals surface area contributed by atoms with Gasteiger partial charge in [-0.15, -0.1) is 0 Å². The minimum atomic E-state index is 0.0866. The number of piperidine rings is 1. The van der Waals surface area contributed by atoms with Crippen molar-refractivity contribution in [1.82, 2.24) is 14.7 Å². The average Bonchev–Trinajstić information content (AvgIpc) is 2.75. The van der Waals surface area contributed by atoms with Gasteiger partial charge in [-0.05, 0) is 25.3 Å². The quantitative estimate of drug-likeness (QED) is 0.779. The van der Waals surface area contributed by atoms with Gasteiger partial charge < -0.3 is 10.6 Å². The molecule has 0 aromatic carbocycles. The SMILES string of the molecule is Cn1cc(C(=O)N2CCC(CN)CC2)cn1. The second-order valence-corrected chi connectivity index (χ2v) is 4.37. The van der Waals surface area contributed by atoms with Gasteiger partial charge in [-0.2, -0.15) is 5.10 Å². The highest BCUT2D eigenvalue weighted by atomic mass is 16.2. The van der Waals surface area contributed by atoms with Crippen LogP contribution in [0, 0.1) is 5.92 Å². The van der Waals surface area contributed by atoms with Crippen molar-refractivity contribution in [3.63, 3.8) is 0 Å². The second kappa shape index (κ2) is 4.65. The van der Waals surface area contributed by atoms with E-state index < -0.39 is 0 Å². The van der Waals surface area contributed by atoms with Crippen LogP contribution < -0.4 is 5.73 Å². The summed E-state index contributed by atoms with van der Waals surface area (Å²) in [5, 5.41) is 4.01. The maximum atomic E-state index is 12.0. The van der Waals surface area contributed by atoms with Crippen molar-refractivity contribution >= 4 is 5.91 Å². The first-order chi connectivity index (χ1) is 7.70. The molecule has 0 bridgehead atoms. The van der Waals surface area contributed by atoms with E-state index in [2.05, 4.69) is 5.10 Å². The Balaban J connectivity index is 1.96. The van der Waals surface area contributed by atoms with Gasteiger partial charge in [0.1, 0.15) is 0 Å². The van der Waals surface area contributed by atoms with Crippen LogP contribution in [0.1, 0.15) is 23.2 Å². The first-order valence-corrected chi connectivity index (χ1v) is 5.68. The standard InChI is InChI=1S/C11H18N4O/c1-14-8-10(7-13-14)11(16)15-4-2-9(6-12)3-5-15/h7-9H,2-6,12H2,1H3. The number of likely N-dealkylation sites (tertiary alicyclic amines) is 1. The topological polar surface area (TPSA) is 64.2 Å². The van der Waals surface area contributed by atoms with Crippen molar-refractivity contribution in [2.45, 2.75) is 12.8 Å². The molecule has 0 aliphatic carbocycles. The van der Waals surface area contributed by atoms with E-state index in [0.29, 0.717) is 11.5 Å². The molecule has 1 amide bonds. The fraction of sp³-hybridized carbons (Fsp3) is 0.636. The Morgan fingerprint density at radius 3 is 2.75 bits per heavy atom. The largest absolute Gasteiger partial charge is 0.339 e. The monoisotopic (exact) mass is 222 g/mol. The van der Waals surface area contributed by atoms with Gasteiger partial charge in [-0.1, -0.05) is 0 Å². The zero-order valence-electron chi connectivity index (χ0n) is 9.59. The van der Waals surface area contributed by atoms with Gasteiger partial charge in [0.05, 0.1) is 11.8 Å². The fourth-order valence-electron chi connectivity index (χ4n) is 2.09. The molecule has 88 valence electrons. The van der Waals surface area contributed by atoms with E-state index in [0.717, 1.165) is 32.5 Å². The molecular formula is C11H18N4O. The first-order valence-electron chi connectivity index (χ1n) is 5.68. The summed E-state index contributed by atoms with van der Waals surface area (Å²) in [4.78, 5) is 13.9. The number of carbonyl (C=O) groups is 1. The molecule has 5 nitrogen and oxygen atoms in total. The summed E-state index contributed by atoms with van der Waals surface area (Å²) in [6, 6.07) is 0. The molecule has 0 unspecified atom stereocenters. The third kappa shape index (κ3) is 2.24. The number of nitrogens with zero attached hydrogens (tertiary/aromatic N) is 3. The minimum Gasteiger partial charge on any atom is -0.339 e. The van der Waals surface area contributed by atoms with E-state index >= 15 is 0 Å². The molecule has 1 aromatic rings. The number of amides is 1. The molecule has 0 atom stereocenters. The zero-order chi connectivity index (χ0) is 11.5. The summed E-state index contributed by atoms with van der Waals surface area (Å²) in [6.45, 7) is 2.36. The third-order valence-corrected chi connectivity index (χ3v) is 3.19. The first kappa shape index (κ1) is 11.1. The summed E-state index contributed by atoms with van der Waals surface area (Å²) in [5.74, 6) is 0.668. The molecule has 16 heavy (non-hydrogen) atoms. The van der Waals surface area contributed by atoms with Crippen LogP contribution in [0.3, 0.4) is 0 Å². The van der Waals surface area contributed by atoms with E-state index in [1.54, 1.807) is 17.1 Å². The van der Waals surface area contributed by atoms with Crippen LogP contribution in [-0.2, 0) is 7.05 Å². The molecule has 0 radical (unpaired) electrons. The maximum Gasteiger partial charge on any atom is 0.257 e. The Morgan fingerprint density at radius 1 is 1.56 bits per heavy atom. The average molecular weight is 222 g/mol. The highest BCUT2D eigenvalue weighted by Gasteiger charge is 2.23. The lowest BCUT2D eigenvalue weighted by Crippen LogP contribution is -2.39. The lowest BCUT2D eigenvalue weighted by Gasteiger charge is -2.31. The molecule has 0 spiro atoms. The molecule has 2 heterocycles. The molecule has 1 aliphatic rings. The van der Waals surface area contributed by atoms with E-state index in [-0.39, 0.29) is 5.91 Å². The zero-order valence-corrected chi connectivity index (χ0v) is 9.59. The number of rotatable bonds is 2. The second-order valence-electron chi connectivity index (χ2n) is 4.37.